The first-order valence-corrected chi connectivity index (χ1v) is 15.1. The molecule has 0 N–H and O–H groups in total. The number of alkyl halides is 2. The molecule has 3 saturated heterocycles. The van der Waals surface area contributed by atoms with E-state index in [9.17, 15) is 22.0 Å². The maximum absolute atomic E-state index is 15.0. The molecule has 4 fully saturated rings. The maximum Gasteiger partial charge on any atom is 0.363 e. The summed E-state index contributed by atoms with van der Waals surface area (Å²) in [6.07, 6.45) is 0.614. The molecule has 0 radical (unpaired) electrons. The SMILES string of the molecule is CCCCCC1COC(C2COC(C3CCC(OC(F)(F)C4COC(c5cc(F)c(F)c(F)c5)OC4)CC3)OC2)OC1. The summed E-state index contributed by atoms with van der Waals surface area (Å²) in [7, 11) is 0. The summed E-state index contributed by atoms with van der Waals surface area (Å²) in [5.74, 6) is -5.34. The molecule has 1 aliphatic carbocycles. The zero-order chi connectivity index (χ0) is 29.7. The monoisotopic (exact) mass is 608 g/mol. The van der Waals surface area contributed by atoms with Crippen LogP contribution < -0.4 is 0 Å². The fourth-order valence-electron chi connectivity index (χ4n) is 6.04. The van der Waals surface area contributed by atoms with E-state index in [4.69, 9.17) is 33.2 Å². The zero-order valence-corrected chi connectivity index (χ0v) is 23.9. The van der Waals surface area contributed by atoms with E-state index in [-0.39, 0.29) is 23.7 Å². The summed E-state index contributed by atoms with van der Waals surface area (Å²) >= 11 is 0. The second-order valence-corrected chi connectivity index (χ2v) is 11.9. The zero-order valence-electron chi connectivity index (χ0n) is 23.9. The summed E-state index contributed by atoms with van der Waals surface area (Å²) in [6.45, 7) is 3.59. The molecule has 12 heteroatoms. The van der Waals surface area contributed by atoms with Crippen molar-refractivity contribution < 1.29 is 55.1 Å². The molecule has 3 heterocycles. The van der Waals surface area contributed by atoms with Crippen molar-refractivity contribution in [2.75, 3.05) is 39.6 Å². The molecular formula is C30H41F5O7. The van der Waals surface area contributed by atoms with E-state index in [0.717, 1.165) is 18.6 Å². The highest BCUT2D eigenvalue weighted by Crippen LogP contribution is 2.39. The van der Waals surface area contributed by atoms with Crippen LogP contribution in [0.25, 0.3) is 0 Å². The van der Waals surface area contributed by atoms with E-state index in [2.05, 4.69) is 6.92 Å². The minimum absolute atomic E-state index is 0.00293. The molecule has 0 amide bonds. The van der Waals surface area contributed by atoms with Gasteiger partial charge in [-0.05, 0) is 44.2 Å². The Hall–Kier alpha value is -1.41. The smallest absolute Gasteiger partial charge is 0.352 e. The average molecular weight is 609 g/mol. The summed E-state index contributed by atoms with van der Waals surface area (Å²) in [5, 5.41) is 0. The highest BCUT2D eigenvalue weighted by molar-refractivity contribution is 5.20. The Labute approximate surface area is 243 Å². The summed E-state index contributed by atoms with van der Waals surface area (Å²) < 4.78 is 110. The van der Waals surface area contributed by atoms with Gasteiger partial charge in [-0.3, -0.25) is 0 Å². The van der Waals surface area contributed by atoms with Gasteiger partial charge in [0.05, 0.1) is 57.6 Å². The summed E-state index contributed by atoms with van der Waals surface area (Å²) in [5.41, 5.74) is -0.129. The van der Waals surface area contributed by atoms with Gasteiger partial charge in [-0.1, -0.05) is 26.2 Å². The lowest BCUT2D eigenvalue weighted by atomic mass is 9.86. The van der Waals surface area contributed by atoms with Crippen LogP contribution in [-0.2, 0) is 33.2 Å². The van der Waals surface area contributed by atoms with E-state index in [1.165, 1.54) is 19.3 Å². The van der Waals surface area contributed by atoms with Crippen molar-refractivity contribution in [1.82, 2.24) is 0 Å². The van der Waals surface area contributed by atoms with Gasteiger partial charge in [-0.2, -0.15) is 8.78 Å². The van der Waals surface area contributed by atoms with Crippen LogP contribution in [0.2, 0.25) is 0 Å². The first-order valence-electron chi connectivity index (χ1n) is 15.1. The van der Waals surface area contributed by atoms with Gasteiger partial charge < -0.3 is 33.2 Å². The predicted molar refractivity (Wildman–Crippen MR) is 139 cm³/mol. The van der Waals surface area contributed by atoms with Crippen LogP contribution in [-0.4, -0.2) is 64.4 Å². The number of halogens is 5. The van der Waals surface area contributed by atoms with Crippen LogP contribution in [0.5, 0.6) is 0 Å². The van der Waals surface area contributed by atoms with Crippen molar-refractivity contribution in [1.29, 1.82) is 0 Å². The van der Waals surface area contributed by atoms with Crippen molar-refractivity contribution >= 4 is 0 Å². The van der Waals surface area contributed by atoms with Gasteiger partial charge in [0.25, 0.3) is 0 Å². The Morgan fingerprint density at radius 3 is 1.90 bits per heavy atom. The van der Waals surface area contributed by atoms with Crippen LogP contribution >= 0.6 is 0 Å². The number of unbranched alkanes of at least 4 members (excludes halogenated alkanes) is 2. The second kappa shape index (κ2) is 14.6. The molecule has 0 unspecified atom stereocenters. The third-order valence-electron chi connectivity index (χ3n) is 8.62. The van der Waals surface area contributed by atoms with Gasteiger partial charge in [-0.25, -0.2) is 13.2 Å². The number of hydrogen-bond donors (Lipinski definition) is 0. The molecular weight excluding hydrogens is 567 g/mol. The third-order valence-corrected chi connectivity index (χ3v) is 8.62. The molecule has 3 aliphatic heterocycles. The molecule has 0 bridgehead atoms. The minimum atomic E-state index is -3.53. The average Bonchev–Trinajstić information content (AvgIpc) is 3.00. The Bertz CT molecular complexity index is 961. The summed E-state index contributed by atoms with van der Waals surface area (Å²) in [6, 6.07) is 1.44. The van der Waals surface area contributed by atoms with Gasteiger partial charge in [0, 0.05) is 17.4 Å². The fraction of sp³-hybridized carbons (Fsp3) is 0.800. The lowest BCUT2D eigenvalue weighted by Crippen LogP contribution is -2.47. The highest BCUT2D eigenvalue weighted by Gasteiger charge is 2.47. The van der Waals surface area contributed by atoms with Crippen molar-refractivity contribution in [3.05, 3.63) is 35.1 Å². The number of benzene rings is 1. The molecule has 7 nitrogen and oxygen atoms in total. The topological polar surface area (TPSA) is 64.6 Å². The Morgan fingerprint density at radius 1 is 0.738 bits per heavy atom. The largest absolute Gasteiger partial charge is 0.363 e. The first-order chi connectivity index (χ1) is 20.2. The Kier molecular flexibility index (Phi) is 11.1. The van der Waals surface area contributed by atoms with E-state index in [1.54, 1.807) is 0 Å². The molecule has 0 spiro atoms. The van der Waals surface area contributed by atoms with Crippen LogP contribution in [0.4, 0.5) is 22.0 Å². The molecule has 4 aliphatic rings. The quantitative estimate of drug-likeness (QED) is 0.171. The number of rotatable bonds is 10. The van der Waals surface area contributed by atoms with E-state index < -0.39 is 61.4 Å². The van der Waals surface area contributed by atoms with Gasteiger partial charge in [0.2, 0.25) is 0 Å². The lowest BCUT2D eigenvalue weighted by Gasteiger charge is -2.41. The van der Waals surface area contributed by atoms with Gasteiger partial charge >= 0.3 is 6.11 Å². The molecule has 0 atom stereocenters. The maximum atomic E-state index is 15.0. The van der Waals surface area contributed by atoms with Gasteiger partial charge in [0.15, 0.2) is 36.3 Å². The molecule has 1 aromatic carbocycles. The van der Waals surface area contributed by atoms with Gasteiger partial charge in [-0.15, -0.1) is 0 Å². The second-order valence-electron chi connectivity index (χ2n) is 11.9. The molecule has 0 aromatic heterocycles. The van der Waals surface area contributed by atoms with E-state index >= 15 is 0 Å². The third kappa shape index (κ3) is 7.99. The van der Waals surface area contributed by atoms with Crippen molar-refractivity contribution in [3.8, 4) is 0 Å². The molecule has 42 heavy (non-hydrogen) atoms. The molecule has 1 saturated carbocycles. The Morgan fingerprint density at radius 2 is 1.31 bits per heavy atom. The van der Waals surface area contributed by atoms with E-state index in [0.29, 0.717) is 58.0 Å². The van der Waals surface area contributed by atoms with Gasteiger partial charge in [0.1, 0.15) is 0 Å². The van der Waals surface area contributed by atoms with Crippen LogP contribution in [0.15, 0.2) is 12.1 Å². The minimum Gasteiger partial charge on any atom is -0.352 e. The highest BCUT2D eigenvalue weighted by atomic mass is 19.3. The normalized spacial score (nSPS) is 34.8. The number of ether oxygens (including phenoxy) is 7. The molecule has 238 valence electrons. The van der Waals surface area contributed by atoms with Crippen molar-refractivity contribution in [2.24, 2.45) is 23.7 Å². The fourth-order valence-corrected chi connectivity index (χ4v) is 6.04. The summed E-state index contributed by atoms with van der Waals surface area (Å²) in [4.78, 5) is 0. The van der Waals surface area contributed by atoms with Crippen LogP contribution in [0, 0.1) is 41.1 Å². The van der Waals surface area contributed by atoms with Crippen LogP contribution in [0.3, 0.4) is 0 Å². The standard InChI is InChI=1S/C30H41F5O7/c1-2-3-4-5-18-12-36-29(37-13-18)21-14-38-27(39-15-21)19-6-8-23(9-7-19)42-30(34,35)22-16-40-28(41-17-22)20-10-24(31)26(33)25(32)11-20/h10-11,18-19,21-23,27-29H,2-9,12-17H2,1H3. The van der Waals surface area contributed by atoms with Crippen molar-refractivity contribution in [3.63, 3.8) is 0 Å². The van der Waals surface area contributed by atoms with Crippen molar-refractivity contribution in [2.45, 2.75) is 89.4 Å². The van der Waals surface area contributed by atoms with Crippen LogP contribution in [0.1, 0.15) is 70.1 Å². The number of hydrogen-bond acceptors (Lipinski definition) is 7. The Balaban J connectivity index is 0.998. The predicted octanol–water partition coefficient (Wildman–Crippen LogP) is 6.49. The van der Waals surface area contributed by atoms with E-state index in [1.807, 2.05) is 0 Å². The molecule has 1 aromatic rings. The first kappa shape index (κ1) is 32.0. The lowest BCUT2D eigenvalue weighted by molar-refractivity contribution is -0.339. The molecule has 5 rings (SSSR count).